The number of amides is 1. The highest BCUT2D eigenvalue weighted by molar-refractivity contribution is 7.90. The first-order chi connectivity index (χ1) is 10.3. The molecule has 0 aromatic carbocycles. The fourth-order valence-corrected chi connectivity index (χ4v) is 5.08. The average Bonchev–Trinajstić information content (AvgIpc) is 3.05. The summed E-state index contributed by atoms with van der Waals surface area (Å²) >= 11 is 12.4. The maximum atomic E-state index is 12.1. The second-order valence-corrected chi connectivity index (χ2v) is 8.71. The molecule has 2 heterocycles. The van der Waals surface area contributed by atoms with E-state index in [2.05, 4.69) is 0 Å². The van der Waals surface area contributed by atoms with Crippen LogP contribution in [0, 0.1) is 0 Å². The highest BCUT2D eigenvalue weighted by atomic mass is 35.5. The van der Waals surface area contributed by atoms with E-state index in [1.54, 1.807) is 0 Å². The standard InChI is InChI=1S/C12H15Cl2NO5S2/c1-7(20-6-8-3-2-4-19-8)12(16)15-22(17,18)9-5-10(13)21-11(9)14/h5,7-8H,2-4,6H2,1H3,(H,15,16)/t7-,8+/m1/s1. The van der Waals surface area contributed by atoms with E-state index in [1.807, 2.05) is 4.72 Å². The predicted octanol–water partition coefficient (Wildman–Crippen LogP) is 2.44. The molecule has 1 aliphatic heterocycles. The number of rotatable bonds is 6. The second-order valence-electron chi connectivity index (χ2n) is 4.77. The Bertz CT molecular complexity index is 640. The molecule has 2 atom stereocenters. The van der Waals surface area contributed by atoms with Gasteiger partial charge in [0, 0.05) is 6.61 Å². The average molecular weight is 388 g/mol. The van der Waals surface area contributed by atoms with Crippen molar-refractivity contribution < 1.29 is 22.7 Å². The molecule has 1 aromatic heterocycles. The Morgan fingerprint density at radius 3 is 2.86 bits per heavy atom. The summed E-state index contributed by atoms with van der Waals surface area (Å²) in [6.45, 7) is 2.40. The largest absolute Gasteiger partial charge is 0.376 e. The lowest BCUT2D eigenvalue weighted by Crippen LogP contribution is -2.39. The van der Waals surface area contributed by atoms with Gasteiger partial charge in [0.15, 0.2) is 0 Å². The lowest BCUT2D eigenvalue weighted by atomic mass is 10.2. The molecule has 1 aliphatic rings. The molecule has 1 N–H and O–H groups in total. The number of thiophene rings is 1. The van der Waals surface area contributed by atoms with Gasteiger partial charge in [-0.15, -0.1) is 11.3 Å². The first kappa shape index (κ1) is 18.0. The number of carbonyl (C=O) groups excluding carboxylic acids is 1. The van der Waals surface area contributed by atoms with Crippen LogP contribution in [0.3, 0.4) is 0 Å². The van der Waals surface area contributed by atoms with Gasteiger partial charge in [0.05, 0.1) is 17.0 Å². The zero-order valence-electron chi connectivity index (χ0n) is 11.7. The van der Waals surface area contributed by atoms with E-state index in [-0.39, 0.29) is 26.3 Å². The van der Waals surface area contributed by atoms with Gasteiger partial charge >= 0.3 is 0 Å². The van der Waals surface area contributed by atoms with Crippen LogP contribution in [0.1, 0.15) is 19.8 Å². The first-order valence-electron chi connectivity index (χ1n) is 6.54. The fourth-order valence-electron chi connectivity index (χ4n) is 1.88. The van der Waals surface area contributed by atoms with Crippen LogP contribution in [-0.4, -0.2) is 39.7 Å². The molecule has 124 valence electrons. The van der Waals surface area contributed by atoms with E-state index in [4.69, 9.17) is 32.7 Å². The third kappa shape index (κ3) is 4.56. The van der Waals surface area contributed by atoms with Gasteiger partial charge in [0.2, 0.25) is 0 Å². The highest BCUT2D eigenvalue weighted by Gasteiger charge is 2.27. The zero-order valence-corrected chi connectivity index (χ0v) is 14.8. The summed E-state index contributed by atoms with van der Waals surface area (Å²) in [6.07, 6.45) is 0.861. The Morgan fingerprint density at radius 2 is 2.32 bits per heavy atom. The van der Waals surface area contributed by atoms with Crippen molar-refractivity contribution in [2.24, 2.45) is 0 Å². The Morgan fingerprint density at radius 1 is 1.59 bits per heavy atom. The third-order valence-corrected chi connectivity index (χ3v) is 6.17. The van der Waals surface area contributed by atoms with E-state index in [0.717, 1.165) is 24.2 Å². The van der Waals surface area contributed by atoms with Gasteiger partial charge in [0.1, 0.15) is 15.3 Å². The molecule has 0 aliphatic carbocycles. The summed E-state index contributed by atoms with van der Waals surface area (Å²) in [5.74, 6) is -0.767. The maximum absolute atomic E-state index is 12.1. The van der Waals surface area contributed by atoms with Gasteiger partial charge in [0.25, 0.3) is 15.9 Å². The number of nitrogens with one attached hydrogen (secondary N) is 1. The smallest absolute Gasteiger partial charge is 0.266 e. The maximum Gasteiger partial charge on any atom is 0.266 e. The van der Waals surface area contributed by atoms with E-state index in [1.165, 1.54) is 13.0 Å². The molecule has 0 saturated carbocycles. The highest BCUT2D eigenvalue weighted by Crippen LogP contribution is 2.34. The van der Waals surface area contributed by atoms with E-state index >= 15 is 0 Å². The van der Waals surface area contributed by atoms with Crippen molar-refractivity contribution >= 4 is 50.5 Å². The predicted molar refractivity (Wildman–Crippen MR) is 84.1 cm³/mol. The van der Waals surface area contributed by atoms with Crippen LogP contribution < -0.4 is 4.72 Å². The van der Waals surface area contributed by atoms with Gasteiger partial charge in [-0.2, -0.15) is 0 Å². The summed E-state index contributed by atoms with van der Waals surface area (Å²) in [5.41, 5.74) is 0. The molecule has 22 heavy (non-hydrogen) atoms. The van der Waals surface area contributed by atoms with Crippen LogP contribution in [0.5, 0.6) is 0 Å². The van der Waals surface area contributed by atoms with Gasteiger partial charge in [-0.3, -0.25) is 4.79 Å². The lowest BCUT2D eigenvalue weighted by molar-refractivity contribution is -0.131. The number of hydrogen-bond donors (Lipinski definition) is 1. The molecule has 1 fully saturated rings. The van der Waals surface area contributed by atoms with E-state index in [0.29, 0.717) is 6.61 Å². The molecule has 10 heteroatoms. The summed E-state index contributed by atoms with van der Waals surface area (Å²) in [7, 11) is -4.07. The monoisotopic (exact) mass is 387 g/mol. The van der Waals surface area contributed by atoms with Crippen molar-refractivity contribution in [1.29, 1.82) is 0 Å². The van der Waals surface area contributed by atoms with Crippen LogP contribution >= 0.6 is 34.5 Å². The van der Waals surface area contributed by atoms with Gasteiger partial charge in [-0.25, -0.2) is 13.1 Å². The second kappa shape index (κ2) is 7.46. The SMILES string of the molecule is C[C@@H](OC[C@@H]1CCCO1)C(=O)NS(=O)(=O)c1cc(Cl)sc1Cl. The Labute approximate surface area is 142 Å². The van der Waals surface area contributed by atoms with Crippen molar-refractivity contribution in [3.05, 3.63) is 14.7 Å². The van der Waals surface area contributed by atoms with Crippen LogP contribution in [0.4, 0.5) is 0 Å². The quantitative estimate of drug-likeness (QED) is 0.810. The Hall–Kier alpha value is -0.380. The van der Waals surface area contributed by atoms with Crippen molar-refractivity contribution in [1.82, 2.24) is 4.72 Å². The van der Waals surface area contributed by atoms with Gasteiger partial charge in [-0.1, -0.05) is 23.2 Å². The minimum absolute atomic E-state index is 0.00164. The topological polar surface area (TPSA) is 81.7 Å². The van der Waals surface area contributed by atoms with E-state index in [9.17, 15) is 13.2 Å². The molecule has 0 bridgehead atoms. The minimum Gasteiger partial charge on any atom is -0.376 e. The molecule has 1 amide bonds. The van der Waals surface area contributed by atoms with Crippen molar-refractivity contribution in [2.45, 2.75) is 36.9 Å². The van der Waals surface area contributed by atoms with Crippen LogP contribution in [-0.2, 0) is 24.3 Å². The van der Waals surface area contributed by atoms with Crippen molar-refractivity contribution in [2.75, 3.05) is 13.2 Å². The molecule has 0 unspecified atom stereocenters. The fraction of sp³-hybridized carbons (Fsp3) is 0.583. The number of carbonyl (C=O) groups is 1. The van der Waals surface area contributed by atoms with E-state index < -0.39 is 22.0 Å². The first-order valence-corrected chi connectivity index (χ1v) is 9.60. The number of sulfonamides is 1. The molecule has 1 saturated heterocycles. The molecular formula is C12H15Cl2NO5S2. The summed E-state index contributed by atoms with van der Waals surface area (Å²) in [6, 6.07) is 1.20. The minimum atomic E-state index is -4.07. The molecule has 0 radical (unpaired) electrons. The lowest BCUT2D eigenvalue weighted by Gasteiger charge is -2.16. The van der Waals surface area contributed by atoms with Gasteiger partial charge in [-0.05, 0) is 25.8 Å². The molecule has 0 spiro atoms. The van der Waals surface area contributed by atoms with Crippen LogP contribution in [0.15, 0.2) is 11.0 Å². The number of halogens is 2. The number of hydrogen-bond acceptors (Lipinski definition) is 6. The molecule has 2 rings (SSSR count). The van der Waals surface area contributed by atoms with Gasteiger partial charge < -0.3 is 9.47 Å². The normalized spacial score (nSPS) is 20.0. The number of ether oxygens (including phenoxy) is 2. The summed E-state index contributed by atoms with van der Waals surface area (Å²) in [5, 5.41) is 0. The Kier molecular flexibility index (Phi) is 6.09. The zero-order chi connectivity index (χ0) is 16.3. The Balaban J connectivity index is 1.93. The van der Waals surface area contributed by atoms with Crippen LogP contribution in [0.25, 0.3) is 0 Å². The summed E-state index contributed by atoms with van der Waals surface area (Å²) < 4.78 is 37.1. The van der Waals surface area contributed by atoms with Crippen LogP contribution in [0.2, 0.25) is 8.67 Å². The van der Waals surface area contributed by atoms with Crippen molar-refractivity contribution in [3.8, 4) is 0 Å². The summed E-state index contributed by atoms with van der Waals surface area (Å²) in [4.78, 5) is 11.7. The third-order valence-electron chi connectivity index (χ3n) is 3.08. The molecule has 1 aromatic rings. The molecular weight excluding hydrogens is 373 g/mol. The molecule has 6 nitrogen and oxygen atoms in total. The van der Waals surface area contributed by atoms with Crippen molar-refractivity contribution in [3.63, 3.8) is 0 Å².